The van der Waals surface area contributed by atoms with Gasteiger partial charge < -0.3 is 19.5 Å². The summed E-state index contributed by atoms with van der Waals surface area (Å²) in [6.07, 6.45) is 1.63. The number of hydrogen-bond acceptors (Lipinski definition) is 6. The van der Waals surface area contributed by atoms with Crippen molar-refractivity contribution in [1.82, 2.24) is 0 Å². The number of hydrogen-bond donors (Lipinski definition) is 2. The first-order valence-electron chi connectivity index (χ1n) is 10.2. The van der Waals surface area contributed by atoms with E-state index in [1.807, 2.05) is 6.92 Å². The Morgan fingerprint density at radius 3 is 2.42 bits per heavy atom. The first kappa shape index (κ1) is 22.9. The van der Waals surface area contributed by atoms with Gasteiger partial charge in [-0.1, -0.05) is 0 Å². The molecule has 3 rings (SSSR count). The smallest absolute Gasteiger partial charge is 0.265 e. The molecule has 31 heavy (non-hydrogen) atoms. The number of amides is 1. The van der Waals surface area contributed by atoms with Crippen LogP contribution in [0.25, 0.3) is 0 Å². The number of carbonyl (C=O) groups is 1. The van der Waals surface area contributed by atoms with Crippen molar-refractivity contribution >= 4 is 27.3 Å². The van der Waals surface area contributed by atoms with Crippen LogP contribution in [0, 0.1) is 5.92 Å². The predicted octanol–water partition coefficient (Wildman–Crippen LogP) is 3.65. The Balaban J connectivity index is 1.74. The van der Waals surface area contributed by atoms with E-state index in [0.717, 1.165) is 12.8 Å². The molecule has 168 valence electrons. The van der Waals surface area contributed by atoms with Crippen molar-refractivity contribution in [3.05, 3.63) is 42.5 Å². The van der Waals surface area contributed by atoms with Gasteiger partial charge in [-0.15, -0.1) is 0 Å². The van der Waals surface area contributed by atoms with Crippen LogP contribution in [-0.4, -0.2) is 40.8 Å². The molecule has 1 saturated carbocycles. The zero-order chi connectivity index (χ0) is 22.4. The molecule has 0 radical (unpaired) electrons. The number of methoxy groups -OCH3 is 1. The minimum atomic E-state index is -3.97. The van der Waals surface area contributed by atoms with E-state index in [0.29, 0.717) is 36.3 Å². The molecule has 0 bridgehead atoms. The summed E-state index contributed by atoms with van der Waals surface area (Å²) in [5.74, 6) is 1.01. The normalized spacial score (nSPS) is 14.5. The van der Waals surface area contributed by atoms with Gasteiger partial charge in [0.05, 0.1) is 20.3 Å². The third-order valence-electron chi connectivity index (χ3n) is 4.79. The van der Waals surface area contributed by atoms with Crippen molar-refractivity contribution in [2.24, 2.45) is 5.92 Å². The van der Waals surface area contributed by atoms with Gasteiger partial charge in [-0.25, -0.2) is 8.42 Å². The van der Waals surface area contributed by atoms with E-state index in [4.69, 9.17) is 14.2 Å². The van der Waals surface area contributed by atoms with E-state index >= 15 is 0 Å². The number of benzene rings is 2. The lowest BCUT2D eigenvalue weighted by atomic mass is 10.2. The van der Waals surface area contributed by atoms with Crippen molar-refractivity contribution in [3.63, 3.8) is 0 Å². The molecule has 0 heterocycles. The maximum absolute atomic E-state index is 13.0. The summed E-state index contributed by atoms with van der Waals surface area (Å²) in [7, 11) is -2.59. The number of carbonyl (C=O) groups excluding carboxylic acids is 1. The highest BCUT2D eigenvalue weighted by Gasteiger charge is 2.25. The molecule has 0 saturated heterocycles. The molecule has 2 N–H and O–H groups in total. The first-order chi connectivity index (χ1) is 14.8. The maximum Gasteiger partial charge on any atom is 0.265 e. The third-order valence-corrected chi connectivity index (χ3v) is 6.19. The van der Waals surface area contributed by atoms with Crippen molar-refractivity contribution < 1.29 is 27.4 Å². The standard InChI is InChI=1S/C22H28N2O6S/c1-4-29-19-10-7-17(8-11-19)24-31(26,27)21-13-18(9-12-20(21)28-3)23-22(25)15(2)30-14-16-5-6-16/h7-13,15-16,24H,4-6,14H2,1-3H3,(H,23,25). The molecular formula is C22H28N2O6S. The van der Waals surface area contributed by atoms with Crippen LogP contribution in [0.15, 0.2) is 47.4 Å². The van der Waals surface area contributed by atoms with Crippen LogP contribution in [0.3, 0.4) is 0 Å². The quantitative estimate of drug-likeness (QED) is 0.544. The highest BCUT2D eigenvalue weighted by Crippen LogP contribution is 2.30. The first-order valence-corrected chi connectivity index (χ1v) is 11.7. The lowest BCUT2D eigenvalue weighted by Crippen LogP contribution is -2.28. The number of anilines is 2. The molecule has 0 spiro atoms. The molecular weight excluding hydrogens is 420 g/mol. The summed E-state index contributed by atoms with van der Waals surface area (Å²) in [4.78, 5) is 12.3. The van der Waals surface area contributed by atoms with Crippen LogP contribution in [0.1, 0.15) is 26.7 Å². The van der Waals surface area contributed by atoms with Gasteiger partial charge in [0.25, 0.3) is 15.9 Å². The second-order valence-electron chi connectivity index (χ2n) is 7.34. The highest BCUT2D eigenvalue weighted by atomic mass is 32.2. The molecule has 2 aromatic carbocycles. The van der Waals surface area contributed by atoms with Crippen LogP contribution in [0.4, 0.5) is 11.4 Å². The van der Waals surface area contributed by atoms with Gasteiger partial charge in [0.15, 0.2) is 0 Å². The molecule has 8 nitrogen and oxygen atoms in total. The fraction of sp³-hybridized carbons (Fsp3) is 0.409. The third kappa shape index (κ3) is 6.35. The summed E-state index contributed by atoms with van der Waals surface area (Å²) < 4.78 is 44.7. The lowest BCUT2D eigenvalue weighted by Gasteiger charge is -2.16. The largest absolute Gasteiger partial charge is 0.495 e. The van der Waals surface area contributed by atoms with Gasteiger partial charge in [0, 0.05) is 11.4 Å². The van der Waals surface area contributed by atoms with E-state index in [9.17, 15) is 13.2 Å². The van der Waals surface area contributed by atoms with E-state index in [-0.39, 0.29) is 16.6 Å². The van der Waals surface area contributed by atoms with E-state index in [2.05, 4.69) is 10.0 Å². The van der Waals surface area contributed by atoms with Gasteiger partial charge >= 0.3 is 0 Å². The van der Waals surface area contributed by atoms with Crippen LogP contribution in [0.2, 0.25) is 0 Å². The Morgan fingerprint density at radius 1 is 1.13 bits per heavy atom. The molecule has 1 atom stereocenters. The Hall–Kier alpha value is -2.78. The molecule has 1 aliphatic carbocycles. The zero-order valence-electron chi connectivity index (χ0n) is 17.9. The van der Waals surface area contributed by atoms with Gasteiger partial charge in [-0.3, -0.25) is 9.52 Å². The van der Waals surface area contributed by atoms with Crippen LogP contribution >= 0.6 is 0 Å². The van der Waals surface area contributed by atoms with Gasteiger partial charge in [-0.2, -0.15) is 0 Å². The summed E-state index contributed by atoms with van der Waals surface area (Å²) >= 11 is 0. The van der Waals surface area contributed by atoms with E-state index in [1.165, 1.54) is 19.2 Å². The van der Waals surface area contributed by atoms with E-state index < -0.39 is 16.1 Å². The maximum atomic E-state index is 13.0. The van der Waals surface area contributed by atoms with Crippen molar-refractivity contribution in [2.75, 3.05) is 30.4 Å². The molecule has 0 aromatic heterocycles. The minimum Gasteiger partial charge on any atom is -0.495 e. The summed E-state index contributed by atoms with van der Waals surface area (Å²) in [5, 5.41) is 2.71. The highest BCUT2D eigenvalue weighted by molar-refractivity contribution is 7.92. The number of nitrogens with one attached hydrogen (secondary N) is 2. The van der Waals surface area contributed by atoms with Crippen LogP contribution in [0.5, 0.6) is 11.5 Å². The Kier molecular flexibility index (Phi) is 7.40. The minimum absolute atomic E-state index is 0.0896. The SMILES string of the molecule is CCOc1ccc(NS(=O)(=O)c2cc(NC(=O)C(C)OCC3CC3)ccc2OC)cc1. The molecule has 1 aliphatic rings. The van der Waals surface area contributed by atoms with Crippen molar-refractivity contribution in [1.29, 1.82) is 0 Å². The second kappa shape index (κ2) is 10.0. The fourth-order valence-corrected chi connectivity index (χ4v) is 4.10. The number of ether oxygens (including phenoxy) is 3. The van der Waals surface area contributed by atoms with Crippen molar-refractivity contribution in [3.8, 4) is 11.5 Å². The molecule has 1 fully saturated rings. The number of sulfonamides is 1. The Morgan fingerprint density at radius 2 is 1.81 bits per heavy atom. The van der Waals surface area contributed by atoms with Crippen LogP contribution < -0.4 is 19.5 Å². The fourth-order valence-electron chi connectivity index (χ4n) is 2.84. The van der Waals surface area contributed by atoms with Crippen LogP contribution in [-0.2, 0) is 19.6 Å². The summed E-state index contributed by atoms with van der Waals surface area (Å²) in [6.45, 7) is 4.62. The summed E-state index contributed by atoms with van der Waals surface area (Å²) in [5.41, 5.74) is 0.710. The molecule has 2 aromatic rings. The molecule has 1 unspecified atom stereocenters. The average molecular weight is 449 g/mol. The van der Waals surface area contributed by atoms with Gasteiger partial charge in [0.1, 0.15) is 22.5 Å². The average Bonchev–Trinajstić information content (AvgIpc) is 3.58. The molecule has 9 heteroatoms. The van der Waals surface area contributed by atoms with Gasteiger partial charge in [0.2, 0.25) is 0 Å². The van der Waals surface area contributed by atoms with Crippen molar-refractivity contribution in [2.45, 2.75) is 37.7 Å². The lowest BCUT2D eigenvalue weighted by molar-refractivity contribution is -0.126. The monoisotopic (exact) mass is 448 g/mol. The Bertz CT molecular complexity index is 1000. The molecule has 1 amide bonds. The van der Waals surface area contributed by atoms with Gasteiger partial charge in [-0.05, 0) is 75.1 Å². The molecule has 0 aliphatic heterocycles. The zero-order valence-corrected chi connectivity index (χ0v) is 18.7. The number of rotatable bonds is 11. The van der Waals surface area contributed by atoms with E-state index in [1.54, 1.807) is 37.3 Å². The summed E-state index contributed by atoms with van der Waals surface area (Å²) in [6, 6.07) is 11.0. The Labute approximate surface area is 182 Å². The topological polar surface area (TPSA) is 103 Å². The second-order valence-corrected chi connectivity index (χ2v) is 8.99. The predicted molar refractivity (Wildman–Crippen MR) is 118 cm³/mol.